The van der Waals surface area contributed by atoms with Gasteiger partial charge in [-0.3, -0.25) is 9.59 Å². The lowest BCUT2D eigenvalue weighted by molar-refractivity contribution is -0.116. The van der Waals surface area contributed by atoms with Crippen LogP contribution in [0.1, 0.15) is 11.1 Å². The van der Waals surface area contributed by atoms with Gasteiger partial charge in [0.15, 0.2) is 0 Å². The molecule has 3 aromatic rings. The van der Waals surface area contributed by atoms with Crippen LogP contribution >= 0.6 is 11.6 Å². The predicted molar refractivity (Wildman–Crippen MR) is 131 cm³/mol. The molecule has 0 heterocycles. The van der Waals surface area contributed by atoms with E-state index in [0.717, 1.165) is 11.1 Å². The van der Waals surface area contributed by atoms with Crippen molar-refractivity contribution in [3.8, 4) is 0 Å². The van der Waals surface area contributed by atoms with Crippen molar-refractivity contribution in [2.75, 3.05) is 16.0 Å². The number of carbonyl (C=O) groups is 3. The van der Waals surface area contributed by atoms with Gasteiger partial charge in [-0.1, -0.05) is 42.4 Å². The Morgan fingerprint density at radius 3 is 1.85 bits per heavy atom. The molecule has 3 rings (SSSR count). The Labute approximate surface area is 196 Å². The summed E-state index contributed by atoms with van der Waals surface area (Å²) in [6, 6.07) is 20.6. The van der Waals surface area contributed by atoms with E-state index in [1.54, 1.807) is 48.5 Å². The molecule has 0 radical (unpaired) electrons. The second-order valence-corrected chi connectivity index (χ2v) is 7.52. The minimum atomic E-state index is -0.394. The lowest BCUT2D eigenvalue weighted by Crippen LogP contribution is -2.22. The minimum absolute atomic E-state index is 0.156. The van der Waals surface area contributed by atoms with Gasteiger partial charge in [0.05, 0.1) is 6.42 Å². The Morgan fingerprint density at radius 1 is 0.758 bits per heavy atom. The molecule has 0 saturated carbocycles. The fourth-order valence-electron chi connectivity index (χ4n) is 3.00. The molecule has 8 heteroatoms. The summed E-state index contributed by atoms with van der Waals surface area (Å²) in [5.74, 6) is -0.469. The van der Waals surface area contributed by atoms with E-state index < -0.39 is 6.03 Å². The molecule has 0 fully saturated rings. The van der Waals surface area contributed by atoms with Crippen LogP contribution in [0.3, 0.4) is 0 Å². The first-order valence-electron chi connectivity index (χ1n) is 10.1. The molecule has 4 N–H and O–H groups in total. The lowest BCUT2D eigenvalue weighted by atomic mass is 10.0. The molecular weight excluding hydrogens is 440 g/mol. The maximum atomic E-state index is 12.5. The largest absolute Gasteiger partial charge is 0.348 e. The van der Waals surface area contributed by atoms with E-state index in [-0.39, 0.29) is 18.2 Å². The summed E-state index contributed by atoms with van der Waals surface area (Å²) >= 11 is 5.84. The molecule has 0 saturated heterocycles. The van der Waals surface area contributed by atoms with Crippen LogP contribution in [0.25, 0.3) is 0 Å². The fourth-order valence-corrected chi connectivity index (χ4v) is 3.12. The third-order valence-electron chi connectivity index (χ3n) is 4.64. The smallest absolute Gasteiger partial charge is 0.323 e. The summed E-state index contributed by atoms with van der Waals surface area (Å²) in [5, 5.41) is 11.6. The first-order chi connectivity index (χ1) is 15.9. The van der Waals surface area contributed by atoms with Crippen molar-refractivity contribution in [2.24, 2.45) is 0 Å². The van der Waals surface area contributed by atoms with E-state index in [0.29, 0.717) is 28.6 Å². The van der Waals surface area contributed by atoms with Gasteiger partial charge in [-0.05, 0) is 65.7 Å². The second-order valence-electron chi connectivity index (χ2n) is 7.08. The van der Waals surface area contributed by atoms with Crippen molar-refractivity contribution in [1.29, 1.82) is 0 Å². The summed E-state index contributed by atoms with van der Waals surface area (Å²) in [6.45, 7) is 3.74. The molecule has 168 valence electrons. The van der Waals surface area contributed by atoms with Gasteiger partial charge in [-0.15, -0.1) is 0 Å². The molecule has 0 atom stereocenters. The van der Waals surface area contributed by atoms with Crippen LogP contribution in [0, 0.1) is 0 Å². The Balaban J connectivity index is 1.53. The standard InChI is InChI=1S/C25H23ClN4O3/c1-2-23(31)27-16-18-6-4-3-5-17(18)15-24(32)28-20-11-13-22(14-12-20)30-25(33)29-21-9-7-19(26)8-10-21/h2-14H,1,15-16H2,(H,27,31)(H,28,32)(H2,29,30,33). The molecular formula is C25H23ClN4O3. The number of hydrogen-bond donors (Lipinski definition) is 4. The van der Waals surface area contributed by atoms with Gasteiger partial charge < -0.3 is 21.3 Å². The highest BCUT2D eigenvalue weighted by Gasteiger charge is 2.09. The number of nitrogens with one attached hydrogen (secondary N) is 4. The van der Waals surface area contributed by atoms with Crippen LogP contribution in [0.2, 0.25) is 5.02 Å². The van der Waals surface area contributed by atoms with E-state index in [1.807, 2.05) is 24.3 Å². The van der Waals surface area contributed by atoms with Crippen molar-refractivity contribution in [1.82, 2.24) is 5.32 Å². The number of carbonyl (C=O) groups excluding carboxylic acids is 3. The van der Waals surface area contributed by atoms with Crippen LogP contribution in [-0.2, 0) is 22.6 Å². The number of benzene rings is 3. The van der Waals surface area contributed by atoms with Gasteiger partial charge in [0.1, 0.15) is 0 Å². The van der Waals surface area contributed by atoms with Gasteiger partial charge in [0, 0.05) is 28.6 Å². The summed E-state index contributed by atoms with van der Waals surface area (Å²) in [4.78, 5) is 36.1. The first kappa shape index (κ1) is 23.6. The number of hydrogen-bond acceptors (Lipinski definition) is 3. The van der Waals surface area contributed by atoms with Crippen molar-refractivity contribution in [2.45, 2.75) is 13.0 Å². The van der Waals surface area contributed by atoms with Crippen molar-refractivity contribution >= 4 is 46.5 Å². The van der Waals surface area contributed by atoms with E-state index in [9.17, 15) is 14.4 Å². The molecule has 0 aliphatic rings. The van der Waals surface area contributed by atoms with Crippen LogP contribution in [0.15, 0.2) is 85.5 Å². The number of halogens is 1. The Kier molecular flexibility index (Phi) is 8.21. The van der Waals surface area contributed by atoms with Crippen molar-refractivity contribution in [3.05, 3.63) is 102 Å². The molecule has 4 amide bonds. The molecule has 0 aliphatic heterocycles. The highest BCUT2D eigenvalue weighted by molar-refractivity contribution is 6.30. The molecule has 0 spiro atoms. The van der Waals surface area contributed by atoms with E-state index in [4.69, 9.17) is 11.6 Å². The molecule has 0 unspecified atom stereocenters. The van der Waals surface area contributed by atoms with Crippen LogP contribution in [-0.4, -0.2) is 17.8 Å². The molecule has 7 nitrogen and oxygen atoms in total. The number of anilines is 3. The van der Waals surface area contributed by atoms with Crippen LogP contribution < -0.4 is 21.3 Å². The summed E-state index contributed by atoms with van der Waals surface area (Å²) in [5.41, 5.74) is 3.46. The van der Waals surface area contributed by atoms with Gasteiger partial charge in [-0.2, -0.15) is 0 Å². The third-order valence-corrected chi connectivity index (χ3v) is 4.89. The van der Waals surface area contributed by atoms with Gasteiger partial charge in [0.2, 0.25) is 11.8 Å². The number of urea groups is 1. The van der Waals surface area contributed by atoms with E-state index >= 15 is 0 Å². The van der Waals surface area contributed by atoms with Gasteiger partial charge in [0.25, 0.3) is 0 Å². The molecule has 33 heavy (non-hydrogen) atoms. The second kappa shape index (κ2) is 11.5. The number of rotatable bonds is 8. The minimum Gasteiger partial charge on any atom is -0.348 e. The highest BCUT2D eigenvalue weighted by Crippen LogP contribution is 2.17. The zero-order valence-electron chi connectivity index (χ0n) is 17.7. The molecule has 0 aromatic heterocycles. The zero-order chi connectivity index (χ0) is 23.6. The summed E-state index contributed by atoms with van der Waals surface area (Å²) in [6.07, 6.45) is 1.36. The van der Waals surface area contributed by atoms with Crippen LogP contribution in [0.4, 0.5) is 21.9 Å². The monoisotopic (exact) mass is 462 g/mol. The average Bonchev–Trinajstić information content (AvgIpc) is 2.81. The molecule has 0 aliphatic carbocycles. The summed E-state index contributed by atoms with van der Waals surface area (Å²) < 4.78 is 0. The van der Waals surface area contributed by atoms with Crippen molar-refractivity contribution in [3.63, 3.8) is 0 Å². The number of amides is 4. The maximum absolute atomic E-state index is 12.5. The van der Waals surface area contributed by atoms with E-state index in [1.165, 1.54) is 6.08 Å². The van der Waals surface area contributed by atoms with Gasteiger partial charge in [-0.25, -0.2) is 4.79 Å². The molecule has 3 aromatic carbocycles. The maximum Gasteiger partial charge on any atom is 0.323 e. The Bertz CT molecular complexity index is 1150. The third kappa shape index (κ3) is 7.52. The Hall–Kier alpha value is -4.10. The van der Waals surface area contributed by atoms with Crippen LogP contribution in [0.5, 0.6) is 0 Å². The fraction of sp³-hybridized carbons (Fsp3) is 0.0800. The first-order valence-corrected chi connectivity index (χ1v) is 10.5. The quantitative estimate of drug-likeness (QED) is 0.356. The normalized spacial score (nSPS) is 10.1. The lowest BCUT2D eigenvalue weighted by Gasteiger charge is -2.11. The predicted octanol–water partition coefficient (Wildman–Crippen LogP) is 4.97. The zero-order valence-corrected chi connectivity index (χ0v) is 18.5. The van der Waals surface area contributed by atoms with Crippen molar-refractivity contribution < 1.29 is 14.4 Å². The average molecular weight is 463 g/mol. The molecule has 0 bridgehead atoms. The topological polar surface area (TPSA) is 99.3 Å². The van der Waals surface area contributed by atoms with E-state index in [2.05, 4.69) is 27.8 Å². The highest BCUT2D eigenvalue weighted by atomic mass is 35.5. The SMILES string of the molecule is C=CC(=O)NCc1ccccc1CC(=O)Nc1ccc(NC(=O)Nc2ccc(Cl)cc2)cc1. The van der Waals surface area contributed by atoms with Gasteiger partial charge >= 0.3 is 6.03 Å². The summed E-state index contributed by atoms with van der Waals surface area (Å²) in [7, 11) is 0. The Morgan fingerprint density at radius 2 is 1.27 bits per heavy atom.